The standard InChI is InChI=1S/C8H20NO2P/c1-6-10-12(11-7-2)9-8(3,4)5/h9H,6-7H2,1-5H3. The van der Waals surface area contributed by atoms with Crippen LogP contribution in [0.1, 0.15) is 34.6 Å². The van der Waals surface area contributed by atoms with E-state index >= 15 is 0 Å². The van der Waals surface area contributed by atoms with E-state index in [9.17, 15) is 0 Å². The molecule has 0 saturated carbocycles. The van der Waals surface area contributed by atoms with Crippen LogP contribution >= 0.6 is 8.53 Å². The summed E-state index contributed by atoms with van der Waals surface area (Å²) in [6.07, 6.45) is 0. The Morgan fingerprint density at radius 3 is 1.75 bits per heavy atom. The fraction of sp³-hybridized carbons (Fsp3) is 1.00. The van der Waals surface area contributed by atoms with Gasteiger partial charge < -0.3 is 9.05 Å². The molecule has 3 nitrogen and oxygen atoms in total. The van der Waals surface area contributed by atoms with Crippen molar-refractivity contribution in [2.24, 2.45) is 0 Å². The Labute approximate surface area is 76.8 Å². The third-order valence-corrected chi connectivity index (χ3v) is 2.76. The first-order valence-corrected chi connectivity index (χ1v) is 5.51. The summed E-state index contributed by atoms with van der Waals surface area (Å²) >= 11 is 0. The highest BCUT2D eigenvalue weighted by Crippen LogP contribution is 2.35. The Hall–Kier alpha value is 0.310. The molecule has 0 aromatic carbocycles. The van der Waals surface area contributed by atoms with Gasteiger partial charge in [-0.15, -0.1) is 0 Å². The third-order valence-electron chi connectivity index (χ3n) is 0.919. The molecule has 0 aliphatic carbocycles. The lowest BCUT2D eigenvalue weighted by atomic mass is 10.1. The van der Waals surface area contributed by atoms with Gasteiger partial charge in [0.1, 0.15) is 0 Å². The first-order chi connectivity index (χ1) is 5.49. The van der Waals surface area contributed by atoms with Gasteiger partial charge in [0.05, 0.1) is 13.2 Å². The summed E-state index contributed by atoms with van der Waals surface area (Å²) in [7, 11) is -0.899. The topological polar surface area (TPSA) is 30.5 Å². The van der Waals surface area contributed by atoms with Crippen LogP contribution in [0.15, 0.2) is 0 Å². The summed E-state index contributed by atoms with van der Waals surface area (Å²) < 4.78 is 10.8. The molecule has 4 heteroatoms. The SMILES string of the molecule is CCOP(NC(C)(C)C)OCC. The molecule has 0 spiro atoms. The molecule has 0 aliphatic rings. The van der Waals surface area contributed by atoms with Crippen molar-refractivity contribution in [3.63, 3.8) is 0 Å². The van der Waals surface area contributed by atoms with Gasteiger partial charge in [0.2, 0.25) is 0 Å². The largest absolute Gasteiger partial charge is 0.322 e. The summed E-state index contributed by atoms with van der Waals surface area (Å²) in [5.41, 5.74) is 0.0516. The molecule has 1 N–H and O–H groups in total. The molecule has 12 heavy (non-hydrogen) atoms. The van der Waals surface area contributed by atoms with E-state index in [0.29, 0.717) is 13.2 Å². The lowest BCUT2D eigenvalue weighted by molar-refractivity contribution is 0.251. The van der Waals surface area contributed by atoms with Crippen molar-refractivity contribution >= 4 is 8.53 Å². The van der Waals surface area contributed by atoms with E-state index in [4.69, 9.17) is 9.05 Å². The van der Waals surface area contributed by atoms with Crippen LogP contribution in [0.5, 0.6) is 0 Å². The molecule has 0 unspecified atom stereocenters. The highest BCUT2D eigenvalue weighted by atomic mass is 31.2. The Morgan fingerprint density at radius 2 is 1.50 bits per heavy atom. The number of hydrogen-bond donors (Lipinski definition) is 1. The number of rotatable bonds is 5. The summed E-state index contributed by atoms with van der Waals surface area (Å²) in [5, 5.41) is 3.28. The maximum atomic E-state index is 5.39. The average molecular weight is 193 g/mol. The predicted octanol–water partition coefficient (Wildman–Crippen LogP) is 2.67. The van der Waals surface area contributed by atoms with E-state index in [1.807, 2.05) is 13.8 Å². The van der Waals surface area contributed by atoms with Gasteiger partial charge in [-0.05, 0) is 34.6 Å². The molecule has 0 atom stereocenters. The first-order valence-electron chi connectivity index (χ1n) is 4.33. The van der Waals surface area contributed by atoms with Crippen LogP contribution in [0.2, 0.25) is 0 Å². The van der Waals surface area contributed by atoms with Gasteiger partial charge in [0.15, 0.2) is 0 Å². The Balaban J connectivity index is 3.77. The smallest absolute Gasteiger partial charge is 0.256 e. The maximum Gasteiger partial charge on any atom is 0.256 e. The minimum atomic E-state index is -0.899. The Morgan fingerprint density at radius 1 is 1.08 bits per heavy atom. The van der Waals surface area contributed by atoms with Crippen LogP contribution in [0.25, 0.3) is 0 Å². The monoisotopic (exact) mass is 193 g/mol. The second-order valence-electron chi connectivity index (χ2n) is 3.45. The van der Waals surface area contributed by atoms with Gasteiger partial charge in [0, 0.05) is 5.54 Å². The normalized spacial score (nSPS) is 12.5. The maximum absolute atomic E-state index is 5.39. The van der Waals surface area contributed by atoms with Crippen LogP contribution in [-0.2, 0) is 9.05 Å². The van der Waals surface area contributed by atoms with Gasteiger partial charge in [-0.1, -0.05) is 0 Å². The molecule has 0 aliphatic heterocycles. The van der Waals surface area contributed by atoms with E-state index in [1.54, 1.807) is 0 Å². The van der Waals surface area contributed by atoms with Gasteiger partial charge >= 0.3 is 0 Å². The fourth-order valence-corrected chi connectivity index (χ4v) is 1.83. The molecule has 0 heterocycles. The van der Waals surface area contributed by atoms with Gasteiger partial charge in [-0.3, -0.25) is 0 Å². The third kappa shape index (κ3) is 6.99. The predicted molar refractivity (Wildman–Crippen MR) is 53.1 cm³/mol. The van der Waals surface area contributed by atoms with Crippen LogP contribution in [0.4, 0.5) is 0 Å². The average Bonchev–Trinajstić information content (AvgIpc) is 1.84. The minimum Gasteiger partial charge on any atom is -0.322 e. The molecular formula is C8H20NO2P. The van der Waals surface area contributed by atoms with Crippen molar-refractivity contribution in [3.05, 3.63) is 0 Å². The quantitative estimate of drug-likeness (QED) is 0.681. The van der Waals surface area contributed by atoms with Crippen molar-refractivity contribution < 1.29 is 9.05 Å². The van der Waals surface area contributed by atoms with E-state index in [2.05, 4.69) is 25.9 Å². The lowest BCUT2D eigenvalue weighted by Crippen LogP contribution is -2.32. The fourth-order valence-electron chi connectivity index (χ4n) is 0.610. The molecule has 0 rings (SSSR count). The van der Waals surface area contributed by atoms with Gasteiger partial charge in [0.25, 0.3) is 8.53 Å². The summed E-state index contributed by atoms with van der Waals surface area (Å²) in [6, 6.07) is 0. The highest BCUT2D eigenvalue weighted by molar-refractivity contribution is 7.45. The minimum absolute atomic E-state index is 0.0516. The van der Waals surface area contributed by atoms with E-state index < -0.39 is 8.53 Å². The van der Waals surface area contributed by atoms with E-state index in [1.165, 1.54) is 0 Å². The van der Waals surface area contributed by atoms with Crippen molar-refractivity contribution in [1.29, 1.82) is 0 Å². The molecular weight excluding hydrogens is 173 g/mol. The van der Waals surface area contributed by atoms with Crippen LogP contribution in [0.3, 0.4) is 0 Å². The molecule has 0 amide bonds. The highest BCUT2D eigenvalue weighted by Gasteiger charge is 2.18. The number of nitrogens with one attached hydrogen (secondary N) is 1. The molecule has 0 aromatic heterocycles. The van der Waals surface area contributed by atoms with Gasteiger partial charge in [-0.25, -0.2) is 5.09 Å². The van der Waals surface area contributed by atoms with Crippen molar-refractivity contribution in [1.82, 2.24) is 5.09 Å². The molecule has 0 radical (unpaired) electrons. The summed E-state index contributed by atoms with van der Waals surface area (Å²) in [4.78, 5) is 0. The molecule has 0 bridgehead atoms. The van der Waals surface area contributed by atoms with E-state index in [-0.39, 0.29) is 5.54 Å². The van der Waals surface area contributed by atoms with Crippen LogP contribution in [-0.4, -0.2) is 18.8 Å². The van der Waals surface area contributed by atoms with Crippen molar-refractivity contribution in [3.8, 4) is 0 Å². The molecule has 0 aromatic rings. The van der Waals surface area contributed by atoms with E-state index in [0.717, 1.165) is 0 Å². The lowest BCUT2D eigenvalue weighted by Gasteiger charge is -2.26. The summed E-state index contributed by atoms with van der Waals surface area (Å²) in [5.74, 6) is 0. The Kier molecular flexibility index (Phi) is 6.02. The van der Waals surface area contributed by atoms with Crippen LogP contribution in [0, 0.1) is 0 Å². The van der Waals surface area contributed by atoms with Crippen molar-refractivity contribution in [2.45, 2.75) is 40.2 Å². The Bertz CT molecular complexity index is 108. The zero-order chi connectivity index (χ0) is 9.61. The molecule has 0 saturated heterocycles. The summed E-state index contributed by atoms with van der Waals surface area (Å²) in [6.45, 7) is 11.6. The second kappa shape index (κ2) is 5.87. The zero-order valence-corrected chi connectivity index (χ0v) is 9.57. The second-order valence-corrected chi connectivity index (χ2v) is 4.71. The van der Waals surface area contributed by atoms with Crippen molar-refractivity contribution in [2.75, 3.05) is 13.2 Å². The molecule has 0 fully saturated rings. The number of hydrogen-bond acceptors (Lipinski definition) is 3. The molecule has 74 valence electrons. The van der Waals surface area contributed by atoms with Crippen LogP contribution < -0.4 is 5.09 Å². The van der Waals surface area contributed by atoms with Gasteiger partial charge in [-0.2, -0.15) is 0 Å². The zero-order valence-electron chi connectivity index (χ0n) is 8.68. The first kappa shape index (κ1) is 12.3.